The standard InChI is InChI=1S/C19H20N4O5/c1-28-17-9-14(23(26)27)6-7-15(17)21-18(24)11-22-10-13-5-3-2-4-12(13)8-16(22)19(20)25/h2-7,9,16H,8,10-11H2,1H3,(H2,20,25)(H,21,24). The first kappa shape index (κ1) is 19.3. The number of non-ortho nitro benzene ring substituents is 1. The van der Waals surface area contributed by atoms with Crippen LogP contribution < -0.4 is 15.8 Å². The van der Waals surface area contributed by atoms with E-state index in [2.05, 4.69) is 5.32 Å². The summed E-state index contributed by atoms with van der Waals surface area (Å²) in [7, 11) is 1.36. The predicted molar refractivity (Wildman–Crippen MR) is 102 cm³/mol. The average Bonchev–Trinajstić information content (AvgIpc) is 2.67. The normalized spacial score (nSPS) is 16.1. The number of nitrogens with zero attached hydrogens (tertiary/aromatic N) is 2. The molecule has 0 saturated carbocycles. The van der Waals surface area contributed by atoms with Gasteiger partial charge >= 0.3 is 0 Å². The first-order valence-corrected chi connectivity index (χ1v) is 8.61. The summed E-state index contributed by atoms with van der Waals surface area (Å²) in [5.74, 6) is -0.689. The van der Waals surface area contributed by atoms with Crippen LogP contribution in [0.3, 0.4) is 0 Å². The molecule has 1 atom stereocenters. The minimum absolute atomic E-state index is 0.0535. The van der Waals surface area contributed by atoms with Gasteiger partial charge in [0.1, 0.15) is 5.75 Å². The Bertz CT molecular complexity index is 930. The largest absolute Gasteiger partial charge is 0.494 e. The zero-order valence-electron chi connectivity index (χ0n) is 15.3. The van der Waals surface area contributed by atoms with Crippen LogP contribution in [-0.2, 0) is 22.6 Å². The van der Waals surface area contributed by atoms with Crippen molar-refractivity contribution in [1.82, 2.24) is 4.90 Å². The Morgan fingerprint density at radius 2 is 2.00 bits per heavy atom. The van der Waals surface area contributed by atoms with Gasteiger partial charge in [0, 0.05) is 12.6 Å². The molecule has 0 spiro atoms. The second-order valence-corrected chi connectivity index (χ2v) is 6.49. The number of amides is 2. The smallest absolute Gasteiger partial charge is 0.273 e. The van der Waals surface area contributed by atoms with E-state index in [1.54, 1.807) is 4.90 Å². The number of benzene rings is 2. The Morgan fingerprint density at radius 1 is 1.29 bits per heavy atom. The van der Waals surface area contributed by atoms with Gasteiger partial charge in [0.2, 0.25) is 11.8 Å². The summed E-state index contributed by atoms with van der Waals surface area (Å²) in [4.78, 5) is 36.5. The molecule has 0 aliphatic carbocycles. The van der Waals surface area contributed by atoms with Crippen LogP contribution in [0.4, 0.5) is 11.4 Å². The number of anilines is 1. The van der Waals surface area contributed by atoms with Crippen molar-refractivity contribution in [3.63, 3.8) is 0 Å². The van der Waals surface area contributed by atoms with Crippen molar-refractivity contribution in [2.24, 2.45) is 5.73 Å². The van der Waals surface area contributed by atoms with E-state index in [4.69, 9.17) is 10.5 Å². The number of hydrogen-bond acceptors (Lipinski definition) is 6. The van der Waals surface area contributed by atoms with Crippen LogP contribution in [0.1, 0.15) is 11.1 Å². The van der Waals surface area contributed by atoms with Crippen LogP contribution in [0.2, 0.25) is 0 Å². The molecule has 0 saturated heterocycles. The average molecular weight is 384 g/mol. The quantitative estimate of drug-likeness (QED) is 0.573. The maximum Gasteiger partial charge on any atom is 0.273 e. The number of rotatable bonds is 6. The lowest BCUT2D eigenvalue weighted by Crippen LogP contribution is -2.50. The third-order valence-electron chi connectivity index (χ3n) is 4.69. The van der Waals surface area contributed by atoms with E-state index in [0.717, 1.165) is 11.1 Å². The van der Waals surface area contributed by atoms with Crippen molar-refractivity contribution < 1.29 is 19.2 Å². The van der Waals surface area contributed by atoms with Crippen LogP contribution in [0, 0.1) is 10.1 Å². The highest BCUT2D eigenvalue weighted by Crippen LogP contribution is 2.29. The molecule has 2 aromatic carbocycles. The van der Waals surface area contributed by atoms with Gasteiger partial charge in [0.25, 0.3) is 5.69 Å². The van der Waals surface area contributed by atoms with Crippen molar-refractivity contribution in [3.05, 3.63) is 63.7 Å². The molecular formula is C19H20N4O5. The molecule has 1 heterocycles. The van der Waals surface area contributed by atoms with Crippen molar-refractivity contribution in [2.75, 3.05) is 19.0 Å². The Kier molecular flexibility index (Phi) is 5.55. The fourth-order valence-corrected chi connectivity index (χ4v) is 3.29. The molecule has 1 aliphatic rings. The Balaban J connectivity index is 1.75. The lowest BCUT2D eigenvalue weighted by molar-refractivity contribution is -0.384. The van der Waals surface area contributed by atoms with Gasteiger partial charge < -0.3 is 15.8 Å². The molecule has 0 radical (unpaired) electrons. The van der Waals surface area contributed by atoms with Crippen molar-refractivity contribution in [3.8, 4) is 5.75 Å². The first-order valence-electron chi connectivity index (χ1n) is 8.61. The van der Waals surface area contributed by atoms with Gasteiger partial charge in [-0.25, -0.2) is 0 Å². The number of hydrogen-bond donors (Lipinski definition) is 2. The number of primary amides is 1. The van der Waals surface area contributed by atoms with Crippen LogP contribution in [-0.4, -0.2) is 41.3 Å². The summed E-state index contributed by atoms with van der Waals surface area (Å²) in [6.45, 7) is 0.372. The molecule has 3 N–H and O–H groups in total. The van der Waals surface area contributed by atoms with E-state index in [9.17, 15) is 19.7 Å². The van der Waals surface area contributed by atoms with E-state index < -0.39 is 16.9 Å². The van der Waals surface area contributed by atoms with Crippen LogP contribution in [0.15, 0.2) is 42.5 Å². The van der Waals surface area contributed by atoms with Crippen LogP contribution >= 0.6 is 0 Å². The summed E-state index contributed by atoms with van der Waals surface area (Å²) in [5.41, 5.74) is 7.79. The topological polar surface area (TPSA) is 128 Å². The summed E-state index contributed by atoms with van der Waals surface area (Å²) >= 11 is 0. The van der Waals surface area contributed by atoms with Gasteiger partial charge in [-0.3, -0.25) is 24.6 Å². The highest BCUT2D eigenvalue weighted by molar-refractivity contribution is 5.94. The molecule has 2 aromatic rings. The van der Waals surface area contributed by atoms with E-state index in [1.807, 2.05) is 24.3 Å². The number of carbonyl (C=O) groups is 2. The number of nitrogens with two attached hydrogens (primary N) is 1. The zero-order chi connectivity index (χ0) is 20.3. The maximum atomic E-state index is 12.6. The van der Waals surface area contributed by atoms with Crippen LogP contribution in [0.5, 0.6) is 5.75 Å². The molecule has 146 valence electrons. The van der Waals surface area contributed by atoms with Gasteiger partial charge in [0.05, 0.1) is 36.4 Å². The molecule has 0 fully saturated rings. The second-order valence-electron chi connectivity index (χ2n) is 6.49. The Labute approximate surface area is 161 Å². The van der Waals surface area contributed by atoms with E-state index in [0.29, 0.717) is 18.7 Å². The summed E-state index contributed by atoms with van der Waals surface area (Å²) in [5, 5.41) is 13.6. The number of nitro groups is 1. The van der Waals surface area contributed by atoms with Gasteiger partial charge in [0.15, 0.2) is 0 Å². The highest BCUT2D eigenvalue weighted by Gasteiger charge is 2.31. The molecule has 28 heavy (non-hydrogen) atoms. The van der Waals surface area contributed by atoms with Crippen molar-refractivity contribution >= 4 is 23.2 Å². The molecule has 9 heteroatoms. The Morgan fingerprint density at radius 3 is 2.64 bits per heavy atom. The van der Waals surface area contributed by atoms with Crippen molar-refractivity contribution in [1.29, 1.82) is 0 Å². The number of carbonyl (C=O) groups excluding carboxylic acids is 2. The van der Waals surface area contributed by atoms with Gasteiger partial charge in [-0.15, -0.1) is 0 Å². The minimum Gasteiger partial charge on any atom is -0.494 e. The highest BCUT2D eigenvalue weighted by atomic mass is 16.6. The molecule has 2 amide bonds. The van der Waals surface area contributed by atoms with Gasteiger partial charge in [-0.05, 0) is 23.6 Å². The van der Waals surface area contributed by atoms with Gasteiger partial charge in [-0.2, -0.15) is 0 Å². The molecule has 1 aliphatic heterocycles. The molecular weight excluding hydrogens is 364 g/mol. The first-order chi connectivity index (χ1) is 13.4. The van der Waals surface area contributed by atoms with Gasteiger partial charge in [-0.1, -0.05) is 24.3 Å². The maximum absolute atomic E-state index is 12.6. The van der Waals surface area contributed by atoms with Crippen molar-refractivity contribution in [2.45, 2.75) is 19.0 Å². The number of methoxy groups -OCH3 is 1. The number of ether oxygens (including phenoxy) is 1. The SMILES string of the molecule is COc1cc([N+](=O)[O-])ccc1NC(=O)CN1Cc2ccccc2CC1C(N)=O. The second kappa shape index (κ2) is 8.05. The lowest BCUT2D eigenvalue weighted by Gasteiger charge is -2.34. The van der Waals surface area contributed by atoms with Crippen LogP contribution in [0.25, 0.3) is 0 Å². The number of nitrogens with one attached hydrogen (secondary N) is 1. The Hall–Kier alpha value is -3.46. The third kappa shape index (κ3) is 4.09. The lowest BCUT2D eigenvalue weighted by atomic mass is 9.93. The number of fused-ring (bicyclic) bond motifs is 1. The summed E-state index contributed by atoms with van der Waals surface area (Å²) < 4.78 is 5.13. The molecule has 3 rings (SSSR count). The van der Waals surface area contributed by atoms with E-state index in [-0.39, 0.29) is 23.9 Å². The summed E-state index contributed by atoms with van der Waals surface area (Å²) in [6, 6.07) is 11.1. The third-order valence-corrected chi connectivity index (χ3v) is 4.69. The van der Waals surface area contributed by atoms with E-state index in [1.165, 1.54) is 25.3 Å². The van der Waals surface area contributed by atoms with E-state index >= 15 is 0 Å². The number of nitro benzene ring substituents is 1. The predicted octanol–water partition coefficient (Wildman–Crippen LogP) is 1.45. The minimum atomic E-state index is -0.584. The molecule has 1 unspecified atom stereocenters. The summed E-state index contributed by atoms with van der Waals surface area (Å²) in [6.07, 6.45) is 0.444. The molecule has 9 nitrogen and oxygen atoms in total. The zero-order valence-corrected chi connectivity index (χ0v) is 15.3. The monoisotopic (exact) mass is 384 g/mol. The fraction of sp³-hybridized carbons (Fsp3) is 0.263. The fourth-order valence-electron chi connectivity index (χ4n) is 3.29. The molecule has 0 bridgehead atoms. The molecule has 0 aromatic heterocycles.